The Morgan fingerprint density at radius 1 is 1.19 bits per heavy atom. The maximum Gasteiger partial charge on any atom is 0.239 e. The van der Waals surface area contributed by atoms with Crippen LogP contribution in [-0.4, -0.2) is 58.1 Å². The van der Waals surface area contributed by atoms with Crippen molar-refractivity contribution in [3.05, 3.63) is 48.7 Å². The van der Waals surface area contributed by atoms with Gasteiger partial charge in [-0.05, 0) is 33.0 Å². The van der Waals surface area contributed by atoms with Crippen LogP contribution in [0.1, 0.15) is 12.8 Å². The van der Waals surface area contributed by atoms with Crippen molar-refractivity contribution in [2.45, 2.75) is 18.9 Å². The van der Waals surface area contributed by atoms with Crippen molar-refractivity contribution in [1.29, 1.82) is 0 Å². The number of anilines is 1. The number of hydrogen-bond donors (Lipinski definition) is 2. The second kappa shape index (κ2) is 7.75. The first-order valence-corrected chi connectivity index (χ1v) is 9.31. The third kappa shape index (κ3) is 4.09. The van der Waals surface area contributed by atoms with Crippen LogP contribution >= 0.6 is 0 Å². The Labute approximate surface area is 158 Å². The fourth-order valence-corrected chi connectivity index (χ4v) is 3.40. The molecular weight excluding hydrogens is 340 g/mol. The lowest BCUT2D eigenvalue weighted by Gasteiger charge is -2.29. The molecule has 4 rings (SSSR count). The Morgan fingerprint density at radius 2 is 1.96 bits per heavy atom. The number of rotatable bonds is 5. The summed E-state index contributed by atoms with van der Waals surface area (Å²) in [5, 5.41) is 10.7. The number of piperidine rings is 1. The number of carbonyl (C=O) groups is 1. The molecule has 0 spiro atoms. The molecule has 0 bridgehead atoms. The van der Waals surface area contributed by atoms with Crippen LogP contribution in [-0.2, 0) is 4.79 Å². The van der Waals surface area contributed by atoms with E-state index in [1.165, 1.54) is 0 Å². The normalized spacial score (nSPS) is 15.7. The van der Waals surface area contributed by atoms with Gasteiger partial charge in [0.05, 0.1) is 18.4 Å². The lowest BCUT2D eigenvalue weighted by atomic mass is 10.1. The minimum absolute atomic E-state index is 0.00272. The highest BCUT2D eigenvalue weighted by molar-refractivity contribution is 5.81. The van der Waals surface area contributed by atoms with E-state index in [-0.39, 0.29) is 18.5 Å². The first kappa shape index (κ1) is 17.5. The van der Waals surface area contributed by atoms with Gasteiger partial charge in [0.25, 0.3) is 0 Å². The van der Waals surface area contributed by atoms with Crippen molar-refractivity contribution in [3.63, 3.8) is 0 Å². The molecule has 1 saturated heterocycles. The second-order valence-electron chi connectivity index (χ2n) is 6.99. The Bertz CT molecular complexity index is 915. The molecule has 1 aliphatic heterocycles. The van der Waals surface area contributed by atoms with E-state index in [9.17, 15) is 4.79 Å². The molecule has 0 aliphatic carbocycles. The smallest absolute Gasteiger partial charge is 0.239 e. The zero-order valence-corrected chi connectivity index (χ0v) is 15.4. The van der Waals surface area contributed by atoms with Crippen LogP contribution in [0.5, 0.6) is 0 Å². The van der Waals surface area contributed by atoms with Crippen molar-refractivity contribution in [2.75, 3.05) is 32.0 Å². The van der Waals surface area contributed by atoms with Crippen LogP contribution in [0.15, 0.2) is 48.7 Å². The summed E-state index contributed by atoms with van der Waals surface area (Å²) in [4.78, 5) is 19.3. The summed E-state index contributed by atoms with van der Waals surface area (Å²) in [5.41, 5.74) is 2.62. The molecule has 1 aromatic carbocycles. The summed E-state index contributed by atoms with van der Waals surface area (Å²) in [5.74, 6) is 0.755. The van der Waals surface area contributed by atoms with Gasteiger partial charge in [0.15, 0.2) is 5.65 Å². The number of nitrogens with zero attached hydrogens (tertiary/aromatic N) is 4. The average Bonchev–Trinajstić information content (AvgIpc) is 3.17. The molecule has 1 aliphatic rings. The first-order chi connectivity index (χ1) is 13.2. The lowest BCUT2D eigenvalue weighted by molar-refractivity contribution is -0.120. The van der Waals surface area contributed by atoms with Gasteiger partial charge in [0, 0.05) is 23.7 Å². The minimum atomic E-state index is 0.00272. The largest absolute Gasteiger partial charge is 0.361 e. The highest BCUT2D eigenvalue weighted by Crippen LogP contribution is 2.21. The van der Waals surface area contributed by atoms with E-state index in [1.54, 1.807) is 10.7 Å². The molecule has 1 amide bonds. The van der Waals surface area contributed by atoms with Crippen LogP contribution in [0.2, 0.25) is 0 Å². The molecule has 3 heterocycles. The van der Waals surface area contributed by atoms with Gasteiger partial charge in [-0.25, -0.2) is 4.98 Å². The molecule has 0 unspecified atom stereocenters. The molecule has 0 atom stereocenters. The van der Waals surface area contributed by atoms with Crippen LogP contribution in [0, 0.1) is 0 Å². The summed E-state index contributed by atoms with van der Waals surface area (Å²) in [6, 6.07) is 14.0. The van der Waals surface area contributed by atoms with Crippen molar-refractivity contribution in [2.24, 2.45) is 0 Å². The van der Waals surface area contributed by atoms with E-state index < -0.39 is 0 Å². The molecule has 0 saturated carbocycles. The monoisotopic (exact) mass is 364 g/mol. The SMILES string of the molecule is CN1CCC(NC(=O)CNc2cc(-c3ccccc3)nc3ccnn23)CC1. The molecule has 27 heavy (non-hydrogen) atoms. The van der Waals surface area contributed by atoms with Crippen LogP contribution < -0.4 is 10.6 Å². The lowest BCUT2D eigenvalue weighted by Crippen LogP contribution is -2.45. The molecule has 2 aromatic heterocycles. The van der Waals surface area contributed by atoms with Crippen molar-refractivity contribution in [3.8, 4) is 11.3 Å². The fraction of sp³-hybridized carbons (Fsp3) is 0.350. The number of aromatic nitrogens is 3. The average molecular weight is 364 g/mol. The van der Waals surface area contributed by atoms with E-state index in [0.717, 1.165) is 48.7 Å². The van der Waals surface area contributed by atoms with E-state index in [1.807, 2.05) is 42.5 Å². The number of amides is 1. The zero-order chi connectivity index (χ0) is 18.6. The third-order valence-corrected chi connectivity index (χ3v) is 4.94. The van der Waals surface area contributed by atoms with Gasteiger partial charge < -0.3 is 15.5 Å². The molecule has 0 radical (unpaired) electrons. The topological polar surface area (TPSA) is 74.6 Å². The summed E-state index contributed by atoms with van der Waals surface area (Å²) in [6.45, 7) is 2.26. The van der Waals surface area contributed by atoms with Crippen molar-refractivity contribution in [1.82, 2.24) is 24.8 Å². The standard InChI is InChI=1S/C20H24N6O/c1-25-11-8-16(9-12-25)23-20(27)14-21-19-13-17(15-5-3-2-4-6-15)24-18-7-10-22-26(18)19/h2-7,10,13,16,21H,8-9,11-12,14H2,1H3,(H,23,27). The zero-order valence-electron chi connectivity index (χ0n) is 15.4. The summed E-state index contributed by atoms with van der Waals surface area (Å²) < 4.78 is 1.72. The molecule has 2 N–H and O–H groups in total. The van der Waals surface area contributed by atoms with Gasteiger partial charge >= 0.3 is 0 Å². The van der Waals surface area contributed by atoms with Gasteiger partial charge in [0.1, 0.15) is 5.82 Å². The van der Waals surface area contributed by atoms with Gasteiger partial charge in [-0.2, -0.15) is 9.61 Å². The number of benzene rings is 1. The van der Waals surface area contributed by atoms with E-state index in [2.05, 4.69) is 32.7 Å². The number of carbonyl (C=O) groups excluding carboxylic acids is 1. The maximum absolute atomic E-state index is 12.4. The molecule has 140 valence electrons. The molecular formula is C20H24N6O. The van der Waals surface area contributed by atoms with Crippen molar-refractivity contribution >= 4 is 17.4 Å². The predicted octanol–water partition coefficient (Wildman–Crippen LogP) is 2.02. The Kier molecular flexibility index (Phi) is 5.02. The van der Waals surface area contributed by atoms with E-state index >= 15 is 0 Å². The van der Waals surface area contributed by atoms with Crippen LogP contribution in [0.4, 0.5) is 5.82 Å². The van der Waals surface area contributed by atoms with Gasteiger partial charge in [0.2, 0.25) is 5.91 Å². The fourth-order valence-electron chi connectivity index (χ4n) is 3.40. The number of nitrogens with one attached hydrogen (secondary N) is 2. The number of likely N-dealkylation sites (tertiary alicyclic amines) is 1. The molecule has 3 aromatic rings. The van der Waals surface area contributed by atoms with Crippen molar-refractivity contribution < 1.29 is 4.79 Å². The van der Waals surface area contributed by atoms with Gasteiger partial charge in [-0.15, -0.1) is 0 Å². The highest BCUT2D eigenvalue weighted by Gasteiger charge is 2.18. The summed E-state index contributed by atoms with van der Waals surface area (Å²) in [7, 11) is 2.11. The summed E-state index contributed by atoms with van der Waals surface area (Å²) in [6.07, 6.45) is 3.71. The van der Waals surface area contributed by atoms with Crippen LogP contribution in [0.25, 0.3) is 16.9 Å². The third-order valence-electron chi connectivity index (χ3n) is 4.94. The molecule has 7 heteroatoms. The minimum Gasteiger partial charge on any atom is -0.361 e. The van der Waals surface area contributed by atoms with Crippen LogP contribution in [0.3, 0.4) is 0 Å². The molecule has 7 nitrogen and oxygen atoms in total. The number of hydrogen-bond acceptors (Lipinski definition) is 5. The highest BCUT2D eigenvalue weighted by atomic mass is 16.2. The van der Waals surface area contributed by atoms with E-state index in [4.69, 9.17) is 0 Å². The first-order valence-electron chi connectivity index (χ1n) is 9.31. The Morgan fingerprint density at radius 3 is 2.74 bits per heavy atom. The predicted molar refractivity (Wildman–Crippen MR) is 106 cm³/mol. The molecule has 1 fully saturated rings. The summed E-state index contributed by atoms with van der Waals surface area (Å²) >= 11 is 0. The van der Waals surface area contributed by atoms with Gasteiger partial charge in [-0.3, -0.25) is 4.79 Å². The number of fused-ring (bicyclic) bond motifs is 1. The van der Waals surface area contributed by atoms with E-state index in [0.29, 0.717) is 0 Å². The maximum atomic E-state index is 12.4. The quantitative estimate of drug-likeness (QED) is 0.725. The Balaban J connectivity index is 1.46. The Hall–Kier alpha value is -2.93. The second-order valence-corrected chi connectivity index (χ2v) is 6.99. The van der Waals surface area contributed by atoms with Gasteiger partial charge in [-0.1, -0.05) is 30.3 Å².